The quantitative estimate of drug-likeness (QED) is 0.163. The highest BCUT2D eigenvalue weighted by molar-refractivity contribution is 14.1. The van der Waals surface area contributed by atoms with Gasteiger partial charge in [0, 0.05) is 21.7 Å². The van der Waals surface area contributed by atoms with Gasteiger partial charge in [-0.2, -0.15) is 0 Å². The minimum absolute atomic E-state index is 0.0355. The second-order valence-electron chi connectivity index (χ2n) is 13.0. The van der Waals surface area contributed by atoms with E-state index >= 15 is 0 Å². The smallest absolute Gasteiger partial charge is 0.490 e. The molecule has 0 amide bonds. The zero-order valence-corrected chi connectivity index (χ0v) is 29.4. The summed E-state index contributed by atoms with van der Waals surface area (Å²) in [4.78, 5) is 2.38. The molecule has 4 aromatic rings. The van der Waals surface area contributed by atoms with Crippen LogP contribution in [0.1, 0.15) is 48.8 Å². The second kappa shape index (κ2) is 13.1. The number of piperidine rings is 1. The second-order valence-corrected chi connectivity index (χ2v) is 16.3. The number of aliphatic hydroxyl groups is 1. The van der Waals surface area contributed by atoms with Gasteiger partial charge in [-0.05, 0) is 102 Å². The number of alkyl halides is 3. The molecule has 0 spiro atoms. The lowest BCUT2D eigenvalue weighted by atomic mass is 9.68. The molecule has 0 radical (unpaired) electrons. The van der Waals surface area contributed by atoms with E-state index in [0.717, 1.165) is 24.0 Å². The molecule has 1 aliphatic carbocycles. The van der Waals surface area contributed by atoms with Gasteiger partial charge in [0.2, 0.25) is 0 Å². The normalized spacial score (nSPS) is 26.0. The number of rotatable bonds is 10. The van der Waals surface area contributed by atoms with Crippen molar-refractivity contribution < 1.29 is 36.2 Å². The van der Waals surface area contributed by atoms with Crippen LogP contribution in [0, 0.1) is 0 Å². The Kier molecular flexibility index (Phi) is 9.08. The van der Waals surface area contributed by atoms with Crippen molar-refractivity contribution in [3.63, 3.8) is 0 Å². The Hall–Kier alpha value is -3.39. The number of hydrogen-bond donors (Lipinski definition) is 1. The Balaban J connectivity index is 1.40. The van der Waals surface area contributed by atoms with Crippen molar-refractivity contribution in [1.29, 1.82) is 0 Å². The van der Waals surface area contributed by atoms with Gasteiger partial charge in [-0.1, -0.05) is 78.9 Å². The van der Waals surface area contributed by atoms with Crippen molar-refractivity contribution in [1.82, 2.24) is 4.90 Å². The summed E-state index contributed by atoms with van der Waals surface area (Å²) in [6.07, 6.45) is -0.847. The zero-order valence-electron chi connectivity index (χ0n) is 26.4. The van der Waals surface area contributed by atoms with Gasteiger partial charge in [-0.25, -0.2) is 8.42 Å². The first-order valence-electron chi connectivity index (χ1n) is 16.2. The minimum atomic E-state index is -4.89. The monoisotopic (exact) mass is 801 g/mol. The van der Waals surface area contributed by atoms with E-state index in [-0.39, 0.29) is 23.8 Å². The fourth-order valence-electron chi connectivity index (χ4n) is 7.59. The van der Waals surface area contributed by atoms with Gasteiger partial charge in [0.1, 0.15) is 17.1 Å². The fourth-order valence-corrected chi connectivity index (χ4v) is 10.6. The molecule has 4 aromatic carbocycles. The Labute approximate surface area is 297 Å². The maximum Gasteiger partial charge on any atom is 0.573 e. The topological polar surface area (TPSA) is 76.1 Å². The molecule has 1 unspecified atom stereocenters. The third-order valence-electron chi connectivity index (χ3n) is 9.90. The van der Waals surface area contributed by atoms with Crippen molar-refractivity contribution >= 4 is 36.0 Å². The number of sulfone groups is 1. The van der Waals surface area contributed by atoms with Gasteiger partial charge in [0.05, 0.1) is 21.8 Å². The summed E-state index contributed by atoms with van der Waals surface area (Å²) >= 11 is 2.04. The Morgan fingerprint density at radius 1 is 0.918 bits per heavy atom. The standard InChI is InChI=1S/C38H35F3INO5S/c39-38(40,41)48-29-18-19-34(47-28-16-17-28)31(22-29)32(42)23-36(44)21-20-33-35(49(45,46)30-14-8-3-9-15-30)24-37(36,27-12-6-2-7-13-27)43(33)25-26-10-4-1-5-11-26/h1-15,18-19,22-23,28,33,35,44H,16-17,20-21,24-25H2/t33?,35-,36-,37-/m1/s1. The molecule has 0 aromatic heterocycles. The third kappa shape index (κ3) is 6.62. The van der Waals surface area contributed by atoms with Crippen LogP contribution < -0.4 is 9.47 Å². The highest BCUT2D eigenvalue weighted by Crippen LogP contribution is 2.59. The molecule has 256 valence electrons. The number of ether oxygens (including phenoxy) is 2. The summed E-state index contributed by atoms with van der Waals surface area (Å²) in [6.45, 7) is 0.374. The first kappa shape index (κ1) is 34.1. The van der Waals surface area contributed by atoms with Crippen LogP contribution in [-0.4, -0.2) is 47.8 Å². The molecular formula is C38H35F3INO5S. The molecule has 3 fully saturated rings. The van der Waals surface area contributed by atoms with Gasteiger partial charge in [0.15, 0.2) is 9.84 Å². The predicted molar refractivity (Wildman–Crippen MR) is 189 cm³/mol. The molecule has 49 heavy (non-hydrogen) atoms. The average molecular weight is 802 g/mol. The Morgan fingerprint density at radius 3 is 2.18 bits per heavy atom. The van der Waals surface area contributed by atoms with Crippen LogP contribution in [0.25, 0.3) is 3.58 Å². The summed E-state index contributed by atoms with van der Waals surface area (Å²) in [6, 6.07) is 31.2. The molecule has 1 N–H and O–H groups in total. The maximum absolute atomic E-state index is 14.5. The maximum atomic E-state index is 14.5. The minimum Gasteiger partial charge on any atom is -0.490 e. The van der Waals surface area contributed by atoms with E-state index in [4.69, 9.17) is 4.74 Å². The summed E-state index contributed by atoms with van der Waals surface area (Å²) in [5.41, 5.74) is -0.782. The molecule has 7 rings (SSSR count). The van der Waals surface area contributed by atoms with Crippen molar-refractivity contribution in [2.75, 3.05) is 0 Å². The van der Waals surface area contributed by atoms with Crippen LogP contribution in [0.4, 0.5) is 13.2 Å². The number of halogens is 4. The van der Waals surface area contributed by atoms with Gasteiger partial charge >= 0.3 is 6.36 Å². The van der Waals surface area contributed by atoms with Gasteiger partial charge in [0.25, 0.3) is 0 Å². The molecule has 2 bridgehead atoms. The van der Waals surface area contributed by atoms with Crippen molar-refractivity contribution in [2.45, 2.75) is 78.4 Å². The highest BCUT2D eigenvalue weighted by Gasteiger charge is 2.67. The van der Waals surface area contributed by atoms with E-state index in [1.807, 2.05) is 83.3 Å². The van der Waals surface area contributed by atoms with Crippen LogP contribution in [0.3, 0.4) is 0 Å². The van der Waals surface area contributed by atoms with Crippen LogP contribution in [0.15, 0.2) is 120 Å². The molecule has 11 heteroatoms. The van der Waals surface area contributed by atoms with E-state index < -0.39 is 44.4 Å². The van der Waals surface area contributed by atoms with E-state index in [1.54, 1.807) is 36.4 Å². The van der Waals surface area contributed by atoms with Crippen LogP contribution in [0.5, 0.6) is 11.5 Å². The van der Waals surface area contributed by atoms with E-state index in [1.165, 1.54) is 18.2 Å². The van der Waals surface area contributed by atoms with Crippen molar-refractivity contribution in [3.8, 4) is 11.5 Å². The van der Waals surface area contributed by atoms with Crippen LogP contribution in [-0.2, 0) is 21.9 Å². The lowest BCUT2D eigenvalue weighted by Crippen LogP contribution is -2.62. The van der Waals surface area contributed by atoms with Crippen molar-refractivity contribution in [2.24, 2.45) is 0 Å². The largest absolute Gasteiger partial charge is 0.573 e. The molecule has 6 nitrogen and oxygen atoms in total. The number of benzene rings is 4. The van der Waals surface area contributed by atoms with Crippen LogP contribution >= 0.6 is 22.6 Å². The molecule has 1 saturated carbocycles. The molecular weight excluding hydrogens is 766 g/mol. The lowest BCUT2D eigenvalue weighted by Gasteiger charge is -2.54. The Bertz CT molecular complexity index is 1940. The van der Waals surface area contributed by atoms with Gasteiger partial charge in [-0.15, -0.1) is 13.2 Å². The third-order valence-corrected chi connectivity index (χ3v) is 13.0. The molecule has 4 atom stereocenters. The number of nitrogens with zero attached hydrogens (tertiary/aromatic N) is 1. The fraction of sp³-hybridized carbons (Fsp3) is 0.316. The SMILES string of the molecule is O=S(=O)(c1ccccc1)[C@@H]1C[C@]2(c3ccccc3)N(Cc3ccccc3)C1CC[C@@]2(O)C=C(I)c1cc(OC(F)(F)F)ccc1OC1CC1. The first-order chi connectivity index (χ1) is 23.4. The first-order valence-corrected chi connectivity index (χ1v) is 18.8. The predicted octanol–water partition coefficient (Wildman–Crippen LogP) is 8.44. The summed E-state index contributed by atoms with van der Waals surface area (Å²) < 4.78 is 79.6. The van der Waals surface area contributed by atoms with Crippen LogP contribution in [0.2, 0.25) is 0 Å². The number of fused-ring (bicyclic) bond motifs is 2. The average Bonchev–Trinajstić information content (AvgIpc) is 3.86. The molecule has 2 saturated heterocycles. The lowest BCUT2D eigenvalue weighted by molar-refractivity contribution is -0.274. The molecule has 2 aliphatic heterocycles. The van der Waals surface area contributed by atoms with E-state index in [0.29, 0.717) is 27.9 Å². The van der Waals surface area contributed by atoms with E-state index in [2.05, 4.69) is 9.64 Å². The molecule has 2 heterocycles. The van der Waals surface area contributed by atoms with Crippen molar-refractivity contribution in [3.05, 3.63) is 132 Å². The highest BCUT2D eigenvalue weighted by atomic mass is 127. The zero-order chi connectivity index (χ0) is 34.4. The summed E-state index contributed by atoms with van der Waals surface area (Å²) in [5.74, 6) is -0.0110. The van der Waals surface area contributed by atoms with E-state index in [9.17, 15) is 26.7 Å². The number of hydrogen-bond acceptors (Lipinski definition) is 6. The van der Waals surface area contributed by atoms with Gasteiger partial charge in [-0.3, -0.25) is 4.90 Å². The summed E-state index contributed by atoms with van der Waals surface area (Å²) in [7, 11) is -3.85. The Morgan fingerprint density at radius 2 is 1.55 bits per heavy atom. The summed E-state index contributed by atoms with van der Waals surface area (Å²) in [5, 5.41) is 12.3. The molecule has 3 aliphatic rings. The van der Waals surface area contributed by atoms with Gasteiger partial charge < -0.3 is 14.6 Å².